The van der Waals surface area contributed by atoms with Crippen LogP contribution in [-0.4, -0.2) is 15.9 Å². The lowest BCUT2D eigenvalue weighted by Gasteiger charge is -2.08. The summed E-state index contributed by atoms with van der Waals surface area (Å²) in [5.41, 5.74) is 1.55. The quantitative estimate of drug-likeness (QED) is 0.558. The maximum absolute atomic E-state index is 12.7. The number of nitrogens with one attached hydrogen (secondary N) is 2. The Kier molecular flexibility index (Phi) is 4.41. The summed E-state index contributed by atoms with van der Waals surface area (Å²) in [6, 6.07) is 14.7. The second-order valence-corrected chi connectivity index (χ2v) is 6.34. The van der Waals surface area contributed by atoms with Gasteiger partial charge in [-0.15, -0.1) is 0 Å². The fourth-order valence-corrected chi connectivity index (χ4v) is 2.94. The second-order valence-electron chi connectivity index (χ2n) is 6.34. The number of rotatable bonds is 4. The van der Waals surface area contributed by atoms with Crippen molar-refractivity contribution >= 4 is 22.7 Å². The number of aromatic nitrogens is 2. The lowest BCUT2D eigenvalue weighted by atomic mass is 10.1. The average molecular weight is 375 g/mol. The van der Waals surface area contributed by atoms with Crippen LogP contribution in [0.15, 0.2) is 64.1 Å². The van der Waals surface area contributed by atoms with E-state index in [0.29, 0.717) is 17.2 Å². The molecule has 28 heavy (non-hydrogen) atoms. The van der Waals surface area contributed by atoms with Crippen molar-refractivity contribution in [1.29, 1.82) is 0 Å². The van der Waals surface area contributed by atoms with Crippen LogP contribution in [0.4, 0.5) is 5.69 Å². The van der Waals surface area contributed by atoms with Gasteiger partial charge >= 0.3 is 0 Å². The third-order valence-corrected chi connectivity index (χ3v) is 4.23. The standard InChI is InChI=1S/C21H17N3O4/c1-12-4-3-5-16(10-12)28-15-8-6-14(7-9-15)24-20(26)17-13(2)27-21-18(17)19(25)22-11-23-21/h3-11H,1-2H3,(H,24,26)(H,22,23,25). The van der Waals surface area contributed by atoms with Crippen molar-refractivity contribution in [3.63, 3.8) is 0 Å². The molecule has 140 valence electrons. The van der Waals surface area contributed by atoms with E-state index in [1.807, 2.05) is 31.2 Å². The van der Waals surface area contributed by atoms with Gasteiger partial charge in [-0.25, -0.2) is 4.98 Å². The first kappa shape index (κ1) is 17.5. The van der Waals surface area contributed by atoms with Crippen molar-refractivity contribution in [2.45, 2.75) is 13.8 Å². The number of benzene rings is 2. The summed E-state index contributed by atoms with van der Waals surface area (Å²) in [5.74, 6) is 1.27. The summed E-state index contributed by atoms with van der Waals surface area (Å²) < 4.78 is 11.2. The number of fused-ring (bicyclic) bond motifs is 1. The topological polar surface area (TPSA) is 97.2 Å². The van der Waals surface area contributed by atoms with Crippen LogP contribution in [0.2, 0.25) is 0 Å². The van der Waals surface area contributed by atoms with Gasteiger partial charge in [0.25, 0.3) is 11.5 Å². The number of anilines is 1. The Bertz CT molecular complexity index is 1220. The Morgan fingerprint density at radius 3 is 2.64 bits per heavy atom. The Morgan fingerprint density at radius 2 is 1.89 bits per heavy atom. The molecule has 0 fully saturated rings. The molecule has 4 rings (SSSR count). The minimum atomic E-state index is -0.442. The Hall–Kier alpha value is -3.87. The fourth-order valence-electron chi connectivity index (χ4n) is 2.94. The lowest BCUT2D eigenvalue weighted by Crippen LogP contribution is -2.16. The Labute approximate surface area is 160 Å². The molecule has 0 atom stereocenters. The second kappa shape index (κ2) is 7.03. The predicted octanol–water partition coefficient (Wildman–Crippen LogP) is 4.18. The molecule has 0 radical (unpaired) electrons. The molecule has 0 aliphatic rings. The van der Waals surface area contributed by atoms with Crippen molar-refractivity contribution in [1.82, 2.24) is 9.97 Å². The zero-order valence-corrected chi connectivity index (χ0v) is 15.3. The van der Waals surface area contributed by atoms with E-state index in [9.17, 15) is 9.59 Å². The zero-order chi connectivity index (χ0) is 19.7. The average Bonchev–Trinajstić information content (AvgIpc) is 3.01. The number of furan rings is 1. The molecular formula is C21H17N3O4. The predicted molar refractivity (Wildman–Crippen MR) is 105 cm³/mol. The SMILES string of the molecule is Cc1cccc(Oc2ccc(NC(=O)c3c(C)oc4nc[nH]c(=O)c34)cc2)c1. The maximum atomic E-state index is 12.7. The van der Waals surface area contributed by atoms with Gasteiger partial charge in [-0.2, -0.15) is 0 Å². The molecular weight excluding hydrogens is 358 g/mol. The van der Waals surface area contributed by atoms with Gasteiger partial charge in [0.1, 0.15) is 22.6 Å². The van der Waals surface area contributed by atoms with Gasteiger partial charge < -0.3 is 19.5 Å². The molecule has 0 spiro atoms. The number of carbonyl (C=O) groups excluding carboxylic acids is 1. The van der Waals surface area contributed by atoms with Crippen LogP contribution in [0.3, 0.4) is 0 Å². The summed E-state index contributed by atoms with van der Waals surface area (Å²) in [4.78, 5) is 31.2. The first-order valence-corrected chi connectivity index (χ1v) is 8.64. The summed E-state index contributed by atoms with van der Waals surface area (Å²) in [5, 5.41) is 2.91. The van der Waals surface area contributed by atoms with E-state index in [1.54, 1.807) is 31.2 Å². The summed E-state index contributed by atoms with van der Waals surface area (Å²) in [6.45, 7) is 3.61. The van der Waals surface area contributed by atoms with Crippen LogP contribution >= 0.6 is 0 Å². The smallest absolute Gasteiger partial charge is 0.262 e. The maximum Gasteiger partial charge on any atom is 0.262 e. The molecule has 2 aromatic heterocycles. The summed E-state index contributed by atoms with van der Waals surface area (Å²) >= 11 is 0. The molecule has 4 aromatic rings. The Balaban J connectivity index is 1.54. The first-order chi connectivity index (χ1) is 13.5. The van der Waals surface area contributed by atoms with Gasteiger partial charge in [0, 0.05) is 5.69 Å². The number of nitrogens with zero attached hydrogens (tertiary/aromatic N) is 1. The van der Waals surface area contributed by atoms with Crippen molar-refractivity contribution < 1.29 is 13.9 Å². The van der Waals surface area contributed by atoms with Gasteiger partial charge in [-0.1, -0.05) is 12.1 Å². The lowest BCUT2D eigenvalue weighted by molar-refractivity contribution is 0.102. The third-order valence-electron chi connectivity index (χ3n) is 4.23. The molecule has 0 aliphatic heterocycles. The molecule has 0 unspecified atom stereocenters. The molecule has 0 bridgehead atoms. The molecule has 1 amide bonds. The number of hydrogen-bond acceptors (Lipinski definition) is 5. The molecule has 7 nitrogen and oxygen atoms in total. The minimum Gasteiger partial charge on any atom is -0.457 e. The minimum absolute atomic E-state index is 0.133. The Morgan fingerprint density at radius 1 is 1.11 bits per heavy atom. The molecule has 2 aromatic carbocycles. The van der Waals surface area contributed by atoms with E-state index in [1.165, 1.54) is 6.33 Å². The van der Waals surface area contributed by atoms with Crippen LogP contribution < -0.4 is 15.6 Å². The van der Waals surface area contributed by atoms with Gasteiger partial charge in [0.15, 0.2) is 0 Å². The van der Waals surface area contributed by atoms with Crippen LogP contribution in [0.25, 0.3) is 11.1 Å². The highest BCUT2D eigenvalue weighted by molar-refractivity contribution is 6.12. The highest BCUT2D eigenvalue weighted by Crippen LogP contribution is 2.25. The van der Waals surface area contributed by atoms with E-state index in [0.717, 1.165) is 11.3 Å². The number of carbonyl (C=O) groups is 1. The van der Waals surface area contributed by atoms with E-state index in [-0.39, 0.29) is 16.7 Å². The summed E-state index contributed by atoms with van der Waals surface area (Å²) in [6.07, 6.45) is 1.24. The number of aromatic amines is 1. The number of amides is 1. The molecule has 0 aliphatic carbocycles. The van der Waals surface area contributed by atoms with Crippen LogP contribution in [0.5, 0.6) is 11.5 Å². The number of hydrogen-bond donors (Lipinski definition) is 2. The van der Waals surface area contributed by atoms with Crippen molar-refractivity contribution in [2.75, 3.05) is 5.32 Å². The third kappa shape index (κ3) is 3.37. The van der Waals surface area contributed by atoms with Crippen LogP contribution in [-0.2, 0) is 0 Å². The number of H-pyrrole nitrogens is 1. The molecule has 2 heterocycles. The molecule has 7 heteroatoms. The van der Waals surface area contributed by atoms with E-state index in [2.05, 4.69) is 15.3 Å². The normalized spacial score (nSPS) is 10.8. The number of ether oxygens (including phenoxy) is 1. The van der Waals surface area contributed by atoms with Gasteiger partial charge in [0.2, 0.25) is 5.71 Å². The fraction of sp³-hybridized carbons (Fsp3) is 0.0952. The highest BCUT2D eigenvalue weighted by atomic mass is 16.5. The number of aryl methyl sites for hydroxylation is 2. The van der Waals surface area contributed by atoms with Crippen molar-refractivity contribution in [3.05, 3.63) is 82.1 Å². The van der Waals surface area contributed by atoms with Crippen molar-refractivity contribution in [3.8, 4) is 11.5 Å². The summed E-state index contributed by atoms with van der Waals surface area (Å²) in [7, 11) is 0. The largest absolute Gasteiger partial charge is 0.457 e. The van der Waals surface area contributed by atoms with E-state index >= 15 is 0 Å². The molecule has 0 saturated heterocycles. The van der Waals surface area contributed by atoms with Crippen LogP contribution in [0.1, 0.15) is 21.7 Å². The van der Waals surface area contributed by atoms with Crippen LogP contribution in [0, 0.1) is 13.8 Å². The first-order valence-electron chi connectivity index (χ1n) is 8.64. The molecule has 0 saturated carbocycles. The molecule has 2 N–H and O–H groups in total. The van der Waals surface area contributed by atoms with Gasteiger partial charge in [0.05, 0.1) is 11.9 Å². The highest BCUT2D eigenvalue weighted by Gasteiger charge is 2.21. The van der Waals surface area contributed by atoms with Gasteiger partial charge in [-0.3, -0.25) is 9.59 Å². The van der Waals surface area contributed by atoms with Gasteiger partial charge in [-0.05, 0) is 55.8 Å². The monoisotopic (exact) mass is 375 g/mol. The van der Waals surface area contributed by atoms with E-state index in [4.69, 9.17) is 9.15 Å². The van der Waals surface area contributed by atoms with Crippen molar-refractivity contribution in [2.24, 2.45) is 0 Å². The van der Waals surface area contributed by atoms with E-state index < -0.39 is 11.5 Å². The zero-order valence-electron chi connectivity index (χ0n) is 15.3.